The number of hydrogen-bond donors (Lipinski definition) is 1. The zero-order valence-electron chi connectivity index (χ0n) is 4.68. The molecule has 0 spiro atoms. The molecule has 0 aromatic carbocycles. The highest BCUT2D eigenvalue weighted by Gasteiger charge is 1.92. The molecule has 2 N–H and O–H groups in total. The smallest absolute Gasteiger partial charge is 0.105 e. The highest BCUT2D eigenvalue weighted by molar-refractivity contribution is 4.47. The molecule has 2 nitrogen and oxygen atoms in total. The summed E-state index contributed by atoms with van der Waals surface area (Å²) in [5, 5.41) is 0. The number of methoxy groups -OCH3 is 1. The van der Waals surface area contributed by atoms with Gasteiger partial charge in [0.1, 0.15) is 6.23 Å². The molecule has 0 rings (SSSR count). The molecule has 0 aromatic rings. The van der Waals surface area contributed by atoms with Gasteiger partial charge in [0.05, 0.1) is 0 Å². The second kappa shape index (κ2) is 4.09. The van der Waals surface area contributed by atoms with Crippen LogP contribution in [0, 0.1) is 6.92 Å². The molecule has 0 amide bonds. The van der Waals surface area contributed by atoms with Crippen molar-refractivity contribution in [3.63, 3.8) is 0 Å². The Labute approximate surface area is 44.7 Å². The van der Waals surface area contributed by atoms with Gasteiger partial charge in [0.15, 0.2) is 0 Å². The van der Waals surface area contributed by atoms with Gasteiger partial charge < -0.3 is 10.5 Å². The summed E-state index contributed by atoms with van der Waals surface area (Å²) in [6, 6.07) is 0. The molecule has 1 atom stereocenters. The zero-order chi connectivity index (χ0) is 5.70. The predicted octanol–water partition coefficient (Wildman–Crippen LogP) is 0.532. The van der Waals surface area contributed by atoms with Gasteiger partial charge in [-0.3, -0.25) is 0 Å². The van der Waals surface area contributed by atoms with Crippen molar-refractivity contribution in [2.45, 2.75) is 19.1 Å². The molecule has 1 unspecified atom stereocenters. The van der Waals surface area contributed by atoms with Crippen LogP contribution in [0.5, 0.6) is 0 Å². The number of rotatable bonds is 3. The van der Waals surface area contributed by atoms with Crippen LogP contribution >= 0.6 is 0 Å². The SMILES string of the molecule is [CH2]CCC(N)OC. The van der Waals surface area contributed by atoms with Gasteiger partial charge in [0.2, 0.25) is 0 Å². The summed E-state index contributed by atoms with van der Waals surface area (Å²) >= 11 is 0. The Morgan fingerprint density at radius 3 is 2.57 bits per heavy atom. The van der Waals surface area contributed by atoms with Crippen LogP contribution < -0.4 is 5.73 Å². The van der Waals surface area contributed by atoms with Crippen molar-refractivity contribution in [1.29, 1.82) is 0 Å². The molecule has 0 aliphatic heterocycles. The van der Waals surface area contributed by atoms with E-state index in [1.807, 2.05) is 0 Å². The molecule has 0 aliphatic rings. The molecule has 0 saturated heterocycles. The van der Waals surface area contributed by atoms with E-state index in [-0.39, 0.29) is 6.23 Å². The van der Waals surface area contributed by atoms with Crippen molar-refractivity contribution < 1.29 is 4.74 Å². The van der Waals surface area contributed by atoms with E-state index in [1.165, 1.54) is 0 Å². The Hall–Kier alpha value is -0.0800. The largest absolute Gasteiger partial charge is 0.367 e. The van der Waals surface area contributed by atoms with E-state index in [0.717, 1.165) is 12.8 Å². The Morgan fingerprint density at radius 1 is 1.86 bits per heavy atom. The minimum atomic E-state index is -0.113. The number of nitrogens with two attached hydrogens (primary N) is 1. The first-order chi connectivity index (χ1) is 3.31. The van der Waals surface area contributed by atoms with Crippen LogP contribution in [0.15, 0.2) is 0 Å². The highest BCUT2D eigenvalue weighted by Crippen LogP contribution is 1.90. The minimum Gasteiger partial charge on any atom is -0.367 e. The third-order valence-corrected chi connectivity index (χ3v) is 0.791. The van der Waals surface area contributed by atoms with Crippen molar-refractivity contribution >= 4 is 0 Å². The maximum atomic E-state index is 5.32. The van der Waals surface area contributed by atoms with Gasteiger partial charge in [-0.1, -0.05) is 6.92 Å². The van der Waals surface area contributed by atoms with Gasteiger partial charge in [-0.2, -0.15) is 0 Å². The Kier molecular flexibility index (Phi) is 4.04. The van der Waals surface area contributed by atoms with Gasteiger partial charge >= 0.3 is 0 Å². The molecule has 43 valence electrons. The lowest BCUT2D eigenvalue weighted by atomic mass is 10.3. The fourth-order valence-corrected chi connectivity index (χ4v) is 0.319. The van der Waals surface area contributed by atoms with Gasteiger partial charge in [-0.15, -0.1) is 0 Å². The number of ether oxygens (including phenoxy) is 1. The zero-order valence-corrected chi connectivity index (χ0v) is 4.68. The van der Waals surface area contributed by atoms with Crippen molar-refractivity contribution in [2.75, 3.05) is 7.11 Å². The van der Waals surface area contributed by atoms with Crippen LogP contribution in [0.4, 0.5) is 0 Å². The minimum absolute atomic E-state index is 0.113. The summed E-state index contributed by atoms with van der Waals surface area (Å²) < 4.78 is 4.73. The Bertz CT molecular complexity index is 39.1. The molecule has 1 radical (unpaired) electrons. The average molecular weight is 102 g/mol. The standard InChI is InChI=1S/C5H12NO/c1-3-4-5(6)7-2/h5H,1,3-4,6H2,2H3. The summed E-state index contributed by atoms with van der Waals surface area (Å²) in [5.41, 5.74) is 5.32. The van der Waals surface area contributed by atoms with E-state index >= 15 is 0 Å². The highest BCUT2D eigenvalue weighted by atomic mass is 16.5. The lowest BCUT2D eigenvalue weighted by Gasteiger charge is -2.04. The first-order valence-electron chi connectivity index (χ1n) is 2.39. The van der Waals surface area contributed by atoms with Crippen molar-refractivity contribution in [1.82, 2.24) is 0 Å². The van der Waals surface area contributed by atoms with E-state index in [4.69, 9.17) is 10.5 Å². The van der Waals surface area contributed by atoms with E-state index in [2.05, 4.69) is 6.92 Å². The second-order valence-corrected chi connectivity index (χ2v) is 1.42. The van der Waals surface area contributed by atoms with E-state index in [0.29, 0.717) is 0 Å². The molecule has 0 aromatic heterocycles. The van der Waals surface area contributed by atoms with Crippen LogP contribution in [-0.2, 0) is 4.74 Å². The van der Waals surface area contributed by atoms with Crippen LogP contribution in [0.2, 0.25) is 0 Å². The van der Waals surface area contributed by atoms with Crippen molar-refractivity contribution in [3.05, 3.63) is 6.92 Å². The lowest BCUT2D eigenvalue weighted by molar-refractivity contribution is 0.102. The van der Waals surface area contributed by atoms with Gasteiger partial charge in [-0.05, 0) is 12.8 Å². The molecular weight excluding hydrogens is 90.1 g/mol. The molecule has 0 heterocycles. The molecule has 7 heavy (non-hydrogen) atoms. The lowest BCUT2D eigenvalue weighted by Crippen LogP contribution is -2.20. The molecule has 0 aliphatic carbocycles. The number of hydrogen-bond acceptors (Lipinski definition) is 2. The maximum Gasteiger partial charge on any atom is 0.105 e. The van der Waals surface area contributed by atoms with Gasteiger partial charge in [0.25, 0.3) is 0 Å². The van der Waals surface area contributed by atoms with Gasteiger partial charge in [0, 0.05) is 7.11 Å². The van der Waals surface area contributed by atoms with E-state index in [1.54, 1.807) is 7.11 Å². The molecule has 0 bridgehead atoms. The monoisotopic (exact) mass is 102 g/mol. The van der Waals surface area contributed by atoms with Crippen LogP contribution in [0.3, 0.4) is 0 Å². The summed E-state index contributed by atoms with van der Waals surface area (Å²) in [6.45, 7) is 3.61. The summed E-state index contributed by atoms with van der Waals surface area (Å²) in [7, 11) is 1.60. The van der Waals surface area contributed by atoms with Gasteiger partial charge in [-0.25, -0.2) is 0 Å². The summed E-state index contributed by atoms with van der Waals surface area (Å²) in [6.07, 6.45) is 1.57. The third kappa shape index (κ3) is 3.76. The second-order valence-electron chi connectivity index (χ2n) is 1.42. The van der Waals surface area contributed by atoms with Crippen LogP contribution in [-0.4, -0.2) is 13.3 Å². The first kappa shape index (κ1) is 6.92. The molecular formula is C5H12NO. The first-order valence-corrected chi connectivity index (χ1v) is 2.39. The molecule has 0 saturated carbocycles. The topological polar surface area (TPSA) is 35.2 Å². The fraction of sp³-hybridized carbons (Fsp3) is 0.800. The van der Waals surface area contributed by atoms with Crippen LogP contribution in [0.1, 0.15) is 12.8 Å². The Morgan fingerprint density at radius 2 is 2.43 bits per heavy atom. The average Bonchev–Trinajstić information content (AvgIpc) is 1.68. The quantitative estimate of drug-likeness (QED) is 0.527. The summed E-state index contributed by atoms with van der Waals surface area (Å²) in [4.78, 5) is 0. The summed E-state index contributed by atoms with van der Waals surface area (Å²) in [5.74, 6) is 0. The Balaban J connectivity index is 2.83. The van der Waals surface area contributed by atoms with Crippen molar-refractivity contribution in [3.8, 4) is 0 Å². The van der Waals surface area contributed by atoms with Crippen molar-refractivity contribution in [2.24, 2.45) is 5.73 Å². The normalized spacial score (nSPS) is 14.1. The fourth-order valence-electron chi connectivity index (χ4n) is 0.319. The van der Waals surface area contributed by atoms with Crippen LogP contribution in [0.25, 0.3) is 0 Å². The molecule has 0 fully saturated rings. The maximum absolute atomic E-state index is 5.32. The molecule has 2 heteroatoms. The predicted molar refractivity (Wildman–Crippen MR) is 29.6 cm³/mol. The third-order valence-electron chi connectivity index (χ3n) is 0.791. The van der Waals surface area contributed by atoms with E-state index in [9.17, 15) is 0 Å². The van der Waals surface area contributed by atoms with E-state index < -0.39 is 0 Å².